The summed E-state index contributed by atoms with van der Waals surface area (Å²) in [5.74, 6) is -1.07. The number of carbonyl (C=O) groups excluding carboxylic acids is 3. The molecule has 0 aliphatic heterocycles. The average Bonchev–Trinajstić information content (AvgIpc) is 2.64. The van der Waals surface area contributed by atoms with E-state index in [-0.39, 0.29) is 37.3 Å². The number of pyridine rings is 1. The van der Waals surface area contributed by atoms with Crippen molar-refractivity contribution < 1.29 is 28.6 Å². The van der Waals surface area contributed by atoms with Crippen LogP contribution in [-0.4, -0.2) is 48.1 Å². The highest BCUT2D eigenvalue weighted by Crippen LogP contribution is 2.21. The van der Waals surface area contributed by atoms with E-state index >= 15 is 0 Å². The third-order valence-corrected chi connectivity index (χ3v) is 3.78. The molecule has 0 radical (unpaired) electrons. The molecule has 1 aromatic rings. The topological polar surface area (TPSA) is 91.8 Å². The molecule has 0 unspecified atom stereocenters. The van der Waals surface area contributed by atoms with Gasteiger partial charge in [0.05, 0.1) is 31.8 Å². The monoisotopic (exact) mass is 393 g/mol. The van der Waals surface area contributed by atoms with Crippen molar-refractivity contribution >= 4 is 17.7 Å². The van der Waals surface area contributed by atoms with Crippen LogP contribution in [0.2, 0.25) is 0 Å². The van der Waals surface area contributed by atoms with Crippen LogP contribution in [0.25, 0.3) is 0 Å². The molecule has 0 aliphatic rings. The van der Waals surface area contributed by atoms with Gasteiger partial charge in [-0.05, 0) is 31.4 Å². The quantitative estimate of drug-likeness (QED) is 0.420. The van der Waals surface area contributed by atoms with Crippen LogP contribution in [0.3, 0.4) is 0 Å². The van der Waals surface area contributed by atoms with Crippen molar-refractivity contribution in [2.24, 2.45) is 5.41 Å². The zero-order valence-electron chi connectivity index (χ0n) is 17.4. The molecule has 7 nitrogen and oxygen atoms in total. The van der Waals surface area contributed by atoms with E-state index < -0.39 is 17.5 Å². The lowest BCUT2D eigenvalue weighted by Crippen LogP contribution is -2.38. The molecule has 0 saturated carbocycles. The fourth-order valence-corrected chi connectivity index (χ4v) is 2.04. The molecule has 0 saturated heterocycles. The maximum Gasteiger partial charge on any atom is 0.339 e. The van der Waals surface area contributed by atoms with Gasteiger partial charge in [0.1, 0.15) is 5.60 Å². The summed E-state index contributed by atoms with van der Waals surface area (Å²) < 4.78 is 15.8. The third kappa shape index (κ3) is 9.60. The van der Waals surface area contributed by atoms with Gasteiger partial charge < -0.3 is 14.2 Å². The van der Waals surface area contributed by atoms with Crippen LogP contribution in [0.1, 0.15) is 64.2 Å². The van der Waals surface area contributed by atoms with Crippen molar-refractivity contribution in [3.63, 3.8) is 0 Å². The van der Waals surface area contributed by atoms with E-state index in [4.69, 9.17) is 14.2 Å². The number of ketones is 1. The fourth-order valence-electron chi connectivity index (χ4n) is 2.04. The molecule has 0 N–H and O–H groups in total. The highest BCUT2D eigenvalue weighted by Gasteiger charge is 2.30. The molecular formula is C21H31NO6. The lowest BCUT2D eigenvalue weighted by atomic mass is 9.95. The number of Topliss-reactive ketones (excluding diaryl/α,β-unsaturated/α-hetero) is 1. The van der Waals surface area contributed by atoms with Crippen LogP contribution >= 0.6 is 0 Å². The van der Waals surface area contributed by atoms with Gasteiger partial charge in [-0.3, -0.25) is 14.6 Å². The Bertz CT molecular complexity index is 649. The summed E-state index contributed by atoms with van der Waals surface area (Å²) in [4.78, 5) is 39.6. The number of carbonyl (C=O) groups is 3. The second kappa shape index (κ2) is 10.9. The molecule has 0 fully saturated rings. The summed E-state index contributed by atoms with van der Waals surface area (Å²) in [7, 11) is 0. The van der Waals surface area contributed by atoms with Crippen molar-refractivity contribution in [1.29, 1.82) is 0 Å². The van der Waals surface area contributed by atoms with Crippen molar-refractivity contribution in [1.82, 2.24) is 4.98 Å². The van der Waals surface area contributed by atoms with E-state index in [0.29, 0.717) is 18.6 Å². The normalized spacial score (nSPS) is 11.8. The molecule has 0 amide bonds. The van der Waals surface area contributed by atoms with Crippen molar-refractivity contribution in [2.45, 2.75) is 59.5 Å². The number of hydrogen-bond donors (Lipinski definition) is 0. The molecule has 0 aromatic carbocycles. The van der Waals surface area contributed by atoms with Crippen LogP contribution in [0, 0.1) is 5.41 Å². The van der Waals surface area contributed by atoms with Gasteiger partial charge >= 0.3 is 11.9 Å². The molecular weight excluding hydrogens is 362 g/mol. The Morgan fingerprint density at radius 1 is 1.00 bits per heavy atom. The van der Waals surface area contributed by atoms with Crippen LogP contribution in [0.5, 0.6) is 0 Å². The Kier molecular flexibility index (Phi) is 9.25. The second-order valence-corrected chi connectivity index (χ2v) is 8.23. The van der Waals surface area contributed by atoms with E-state index in [0.717, 1.165) is 0 Å². The standard InChI is InChI=1S/C21H31NO6/c1-20(2,3)15-28-21(4,5)17(23)9-10-18(24)26-12-7-13-27-19(25)16-8-6-11-22-14-16/h6,8,11,14H,7,9-10,12-13,15H2,1-5H3. The molecule has 0 spiro atoms. The predicted molar refractivity (Wildman–Crippen MR) is 104 cm³/mol. The molecule has 7 heteroatoms. The van der Waals surface area contributed by atoms with E-state index in [1.165, 1.54) is 6.20 Å². The van der Waals surface area contributed by atoms with Gasteiger partial charge in [0.2, 0.25) is 0 Å². The van der Waals surface area contributed by atoms with Gasteiger partial charge in [-0.25, -0.2) is 4.79 Å². The first kappa shape index (κ1) is 23.8. The summed E-state index contributed by atoms with van der Waals surface area (Å²) in [6.45, 7) is 10.2. The summed E-state index contributed by atoms with van der Waals surface area (Å²) in [5, 5.41) is 0. The van der Waals surface area contributed by atoms with Gasteiger partial charge in [-0.2, -0.15) is 0 Å². The SMILES string of the molecule is CC(C)(C)COC(C)(C)C(=O)CCC(=O)OCCCOC(=O)c1cccnc1. The van der Waals surface area contributed by atoms with Gasteiger partial charge in [0.15, 0.2) is 5.78 Å². The zero-order valence-corrected chi connectivity index (χ0v) is 17.4. The minimum absolute atomic E-state index is 0.00336. The first-order chi connectivity index (χ1) is 13.0. The molecule has 1 heterocycles. The van der Waals surface area contributed by atoms with Crippen LogP contribution in [0.15, 0.2) is 24.5 Å². The summed E-state index contributed by atoms with van der Waals surface area (Å²) in [6, 6.07) is 3.26. The van der Waals surface area contributed by atoms with Crippen molar-refractivity contribution in [3.05, 3.63) is 30.1 Å². The first-order valence-electron chi connectivity index (χ1n) is 9.41. The number of nitrogens with zero attached hydrogens (tertiary/aromatic N) is 1. The van der Waals surface area contributed by atoms with E-state index in [1.54, 1.807) is 32.2 Å². The Hall–Kier alpha value is -2.28. The molecule has 1 aromatic heterocycles. The largest absolute Gasteiger partial charge is 0.466 e. The van der Waals surface area contributed by atoms with Crippen LogP contribution in [-0.2, 0) is 23.8 Å². The summed E-state index contributed by atoms with van der Waals surface area (Å²) >= 11 is 0. The van der Waals surface area contributed by atoms with E-state index in [2.05, 4.69) is 4.98 Å². The van der Waals surface area contributed by atoms with Crippen LogP contribution in [0.4, 0.5) is 0 Å². The molecule has 0 aliphatic carbocycles. The first-order valence-corrected chi connectivity index (χ1v) is 9.41. The van der Waals surface area contributed by atoms with Gasteiger partial charge in [-0.1, -0.05) is 20.8 Å². The molecule has 0 atom stereocenters. The smallest absolute Gasteiger partial charge is 0.339 e. The highest BCUT2D eigenvalue weighted by molar-refractivity contribution is 5.89. The van der Waals surface area contributed by atoms with Gasteiger partial charge in [0.25, 0.3) is 0 Å². The predicted octanol–water partition coefficient (Wildman–Crippen LogP) is 3.36. The van der Waals surface area contributed by atoms with E-state index in [1.807, 2.05) is 20.8 Å². The number of ether oxygens (including phenoxy) is 3. The van der Waals surface area contributed by atoms with Gasteiger partial charge in [0, 0.05) is 25.2 Å². The average molecular weight is 393 g/mol. The Balaban J connectivity index is 2.19. The Labute approximate surface area is 166 Å². The Morgan fingerprint density at radius 3 is 2.29 bits per heavy atom. The summed E-state index contributed by atoms with van der Waals surface area (Å²) in [6.07, 6.45) is 3.43. The third-order valence-electron chi connectivity index (χ3n) is 3.78. The molecule has 0 bridgehead atoms. The molecule has 28 heavy (non-hydrogen) atoms. The number of rotatable bonds is 11. The fraction of sp³-hybridized carbons (Fsp3) is 0.619. The lowest BCUT2D eigenvalue weighted by molar-refractivity contribution is -0.149. The summed E-state index contributed by atoms with van der Waals surface area (Å²) in [5.41, 5.74) is -0.611. The number of aromatic nitrogens is 1. The van der Waals surface area contributed by atoms with Crippen LogP contribution < -0.4 is 0 Å². The molecule has 156 valence electrons. The minimum Gasteiger partial charge on any atom is -0.466 e. The second-order valence-electron chi connectivity index (χ2n) is 8.23. The minimum atomic E-state index is -0.936. The zero-order chi connectivity index (χ0) is 21.2. The highest BCUT2D eigenvalue weighted by atomic mass is 16.5. The van der Waals surface area contributed by atoms with E-state index in [9.17, 15) is 14.4 Å². The molecule has 1 rings (SSSR count). The number of hydrogen-bond acceptors (Lipinski definition) is 7. The number of esters is 2. The van der Waals surface area contributed by atoms with Gasteiger partial charge in [-0.15, -0.1) is 0 Å². The van der Waals surface area contributed by atoms with Crippen molar-refractivity contribution in [2.75, 3.05) is 19.8 Å². The maximum atomic E-state index is 12.3. The maximum absolute atomic E-state index is 12.3. The van der Waals surface area contributed by atoms with Crippen molar-refractivity contribution in [3.8, 4) is 0 Å². The Morgan fingerprint density at radius 2 is 1.68 bits per heavy atom. The lowest BCUT2D eigenvalue weighted by Gasteiger charge is -2.28.